The molecule has 0 radical (unpaired) electrons. The van der Waals surface area contributed by atoms with Gasteiger partial charge in [0.15, 0.2) is 0 Å². The van der Waals surface area contributed by atoms with Gasteiger partial charge in [0.2, 0.25) is 11.8 Å². The van der Waals surface area contributed by atoms with Crippen LogP contribution in [0.25, 0.3) is 0 Å². The number of hydrogen-bond acceptors (Lipinski definition) is 2. The maximum absolute atomic E-state index is 12.5. The highest BCUT2D eigenvalue weighted by Gasteiger charge is 2.36. The van der Waals surface area contributed by atoms with Crippen LogP contribution >= 0.6 is 0 Å². The highest BCUT2D eigenvalue weighted by molar-refractivity contribution is 6.02. The molecule has 4 nitrogen and oxygen atoms in total. The van der Waals surface area contributed by atoms with E-state index >= 15 is 0 Å². The summed E-state index contributed by atoms with van der Waals surface area (Å²) in [7, 11) is 0. The zero-order valence-electron chi connectivity index (χ0n) is 12.5. The quantitative estimate of drug-likeness (QED) is 0.944. The fourth-order valence-electron chi connectivity index (χ4n) is 2.89. The average molecular weight is 294 g/mol. The number of nitrogens with zero attached hydrogens (tertiary/aromatic N) is 1. The van der Waals surface area contributed by atoms with Gasteiger partial charge in [-0.3, -0.25) is 14.5 Å². The Morgan fingerprint density at radius 2 is 1.77 bits per heavy atom. The van der Waals surface area contributed by atoms with Gasteiger partial charge in [-0.25, -0.2) is 0 Å². The number of fused-ring (bicyclic) bond motifs is 1. The standard InChI is InChI=1S/C18H18N2O2/c1-13(21)20-16-10-6-5-9-15(16)11-17(20)18(22)19-12-14-7-3-2-4-8-14/h2-10,17H,11-12H2,1H3,(H,19,22)/t17-/m1/s1. The van der Waals surface area contributed by atoms with E-state index in [2.05, 4.69) is 5.32 Å². The van der Waals surface area contributed by atoms with Gasteiger partial charge in [0.1, 0.15) is 6.04 Å². The first-order chi connectivity index (χ1) is 10.7. The monoisotopic (exact) mass is 294 g/mol. The van der Waals surface area contributed by atoms with Crippen molar-refractivity contribution in [1.82, 2.24) is 5.32 Å². The summed E-state index contributed by atoms with van der Waals surface area (Å²) in [5, 5.41) is 2.93. The third kappa shape index (κ3) is 2.72. The Kier molecular flexibility index (Phi) is 3.92. The van der Waals surface area contributed by atoms with E-state index in [1.807, 2.05) is 54.6 Å². The lowest BCUT2D eigenvalue weighted by atomic mass is 10.1. The zero-order valence-corrected chi connectivity index (χ0v) is 12.5. The molecule has 2 aromatic rings. The Bertz CT molecular complexity index is 697. The maximum atomic E-state index is 12.5. The molecule has 3 rings (SSSR count). The summed E-state index contributed by atoms with van der Waals surface area (Å²) < 4.78 is 0. The maximum Gasteiger partial charge on any atom is 0.243 e. The molecular formula is C18H18N2O2. The molecule has 1 atom stereocenters. The molecule has 1 aliphatic heterocycles. The van der Waals surface area contributed by atoms with Crippen molar-refractivity contribution in [1.29, 1.82) is 0 Å². The number of amides is 2. The van der Waals surface area contributed by atoms with Gasteiger partial charge in [0.05, 0.1) is 0 Å². The minimum absolute atomic E-state index is 0.107. The van der Waals surface area contributed by atoms with Crippen LogP contribution in [0.2, 0.25) is 0 Å². The normalized spacial score (nSPS) is 16.2. The fourth-order valence-corrected chi connectivity index (χ4v) is 2.89. The Morgan fingerprint density at radius 1 is 1.09 bits per heavy atom. The van der Waals surface area contributed by atoms with Crippen LogP contribution < -0.4 is 10.2 Å². The number of para-hydroxylation sites is 1. The summed E-state index contributed by atoms with van der Waals surface area (Å²) >= 11 is 0. The van der Waals surface area contributed by atoms with Gasteiger partial charge < -0.3 is 5.32 Å². The predicted molar refractivity (Wildman–Crippen MR) is 85.4 cm³/mol. The molecule has 0 bridgehead atoms. The summed E-state index contributed by atoms with van der Waals surface area (Å²) in [6.07, 6.45) is 0.566. The number of carbonyl (C=O) groups is 2. The van der Waals surface area contributed by atoms with Crippen molar-refractivity contribution in [3.8, 4) is 0 Å². The highest BCUT2D eigenvalue weighted by Crippen LogP contribution is 2.32. The molecule has 0 spiro atoms. The Hall–Kier alpha value is -2.62. The molecule has 2 aromatic carbocycles. The van der Waals surface area contributed by atoms with Crippen LogP contribution in [-0.4, -0.2) is 17.9 Å². The summed E-state index contributed by atoms with van der Waals surface area (Å²) in [6, 6.07) is 17.0. The second-order valence-electron chi connectivity index (χ2n) is 5.44. The Balaban J connectivity index is 1.74. The lowest BCUT2D eigenvalue weighted by Gasteiger charge is -2.23. The first-order valence-electron chi connectivity index (χ1n) is 7.36. The van der Waals surface area contributed by atoms with Crippen LogP contribution in [0.15, 0.2) is 54.6 Å². The van der Waals surface area contributed by atoms with Gasteiger partial charge >= 0.3 is 0 Å². The fraction of sp³-hybridized carbons (Fsp3) is 0.222. The molecule has 0 fully saturated rings. The molecule has 1 N–H and O–H groups in total. The van der Waals surface area contributed by atoms with Crippen molar-refractivity contribution in [2.45, 2.75) is 25.9 Å². The van der Waals surface area contributed by atoms with Crippen LogP contribution in [0.4, 0.5) is 5.69 Å². The van der Waals surface area contributed by atoms with Crippen LogP contribution in [0.5, 0.6) is 0 Å². The van der Waals surface area contributed by atoms with Gasteiger partial charge in [-0.15, -0.1) is 0 Å². The third-order valence-electron chi connectivity index (χ3n) is 3.93. The number of rotatable bonds is 3. The van der Waals surface area contributed by atoms with Gasteiger partial charge in [0.25, 0.3) is 0 Å². The van der Waals surface area contributed by atoms with Gasteiger partial charge in [-0.1, -0.05) is 48.5 Å². The molecule has 0 saturated carbocycles. The second-order valence-corrected chi connectivity index (χ2v) is 5.44. The van der Waals surface area contributed by atoms with Gasteiger partial charge in [-0.2, -0.15) is 0 Å². The van der Waals surface area contributed by atoms with Crippen molar-refractivity contribution < 1.29 is 9.59 Å². The van der Waals surface area contributed by atoms with Crippen LogP contribution in [0.3, 0.4) is 0 Å². The summed E-state index contributed by atoms with van der Waals surface area (Å²) in [5.74, 6) is -0.222. The molecule has 22 heavy (non-hydrogen) atoms. The molecule has 4 heteroatoms. The van der Waals surface area contributed by atoms with E-state index in [9.17, 15) is 9.59 Å². The van der Waals surface area contributed by atoms with Crippen molar-refractivity contribution >= 4 is 17.5 Å². The van der Waals surface area contributed by atoms with Crippen molar-refractivity contribution in [2.75, 3.05) is 4.90 Å². The van der Waals surface area contributed by atoms with E-state index in [4.69, 9.17) is 0 Å². The summed E-state index contributed by atoms with van der Waals surface area (Å²) in [4.78, 5) is 26.0. The van der Waals surface area contributed by atoms with Gasteiger partial charge in [0, 0.05) is 25.6 Å². The first-order valence-corrected chi connectivity index (χ1v) is 7.36. The SMILES string of the molecule is CC(=O)N1c2ccccc2C[C@@H]1C(=O)NCc1ccccc1. The predicted octanol–water partition coefficient (Wildman–Crippen LogP) is 2.28. The minimum atomic E-state index is -0.460. The number of benzene rings is 2. The molecule has 0 aromatic heterocycles. The van der Waals surface area contributed by atoms with Crippen molar-refractivity contribution in [3.63, 3.8) is 0 Å². The molecule has 0 saturated heterocycles. The number of hydrogen-bond donors (Lipinski definition) is 1. The lowest BCUT2D eigenvalue weighted by molar-refractivity contribution is -0.125. The van der Waals surface area contributed by atoms with E-state index < -0.39 is 6.04 Å². The minimum Gasteiger partial charge on any atom is -0.350 e. The molecule has 0 aliphatic carbocycles. The van der Waals surface area contributed by atoms with E-state index in [1.54, 1.807) is 4.90 Å². The van der Waals surface area contributed by atoms with E-state index in [1.165, 1.54) is 6.92 Å². The Morgan fingerprint density at radius 3 is 2.50 bits per heavy atom. The van der Waals surface area contributed by atoms with Crippen molar-refractivity contribution in [2.24, 2.45) is 0 Å². The molecule has 0 unspecified atom stereocenters. The largest absolute Gasteiger partial charge is 0.350 e. The highest BCUT2D eigenvalue weighted by atomic mass is 16.2. The summed E-state index contributed by atoms with van der Waals surface area (Å²) in [6.45, 7) is 1.97. The second kappa shape index (κ2) is 6.02. The lowest BCUT2D eigenvalue weighted by Crippen LogP contribution is -2.47. The summed E-state index contributed by atoms with van der Waals surface area (Å²) in [5.41, 5.74) is 2.92. The zero-order chi connectivity index (χ0) is 15.5. The smallest absolute Gasteiger partial charge is 0.243 e. The number of nitrogens with one attached hydrogen (secondary N) is 1. The van der Waals surface area contributed by atoms with E-state index in [0.29, 0.717) is 13.0 Å². The molecule has 2 amide bonds. The average Bonchev–Trinajstić information content (AvgIpc) is 2.93. The van der Waals surface area contributed by atoms with Crippen LogP contribution in [0, 0.1) is 0 Å². The molecular weight excluding hydrogens is 276 g/mol. The topological polar surface area (TPSA) is 49.4 Å². The third-order valence-corrected chi connectivity index (χ3v) is 3.93. The molecule has 112 valence electrons. The molecule has 1 heterocycles. The van der Waals surface area contributed by atoms with Crippen molar-refractivity contribution in [3.05, 3.63) is 65.7 Å². The van der Waals surface area contributed by atoms with E-state index in [-0.39, 0.29) is 11.8 Å². The van der Waals surface area contributed by atoms with Crippen LogP contribution in [-0.2, 0) is 22.6 Å². The van der Waals surface area contributed by atoms with E-state index in [0.717, 1.165) is 16.8 Å². The van der Waals surface area contributed by atoms with Crippen LogP contribution in [0.1, 0.15) is 18.1 Å². The first kappa shape index (κ1) is 14.3. The molecule has 1 aliphatic rings. The number of carbonyl (C=O) groups excluding carboxylic acids is 2. The number of anilines is 1. The van der Waals surface area contributed by atoms with Gasteiger partial charge in [-0.05, 0) is 17.2 Å². The Labute approximate surface area is 129 Å².